The minimum Gasteiger partial charge on any atom is -0.497 e. The van der Waals surface area contributed by atoms with Gasteiger partial charge in [-0.15, -0.1) is 0 Å². The number of methoxy groups -OCH3 is 1. The fraction of sp³-hybridized carbons (Fsp3) is 0.424. The average molecular weight is 590 g/mol. The second-order valence-corrected chi connectivity index (χ2v) is 11.9. The molecule has 2 aromatic heterocycles. The molecule has 0 aliphatic carbocycles. The Balaban J connectivity index is 1.51. The van der Waals surface area contributed by atoms with Gasteiger partial charge in [0.2, 0.25) is 11.8 Å². The number of H-pyrrole nitrogens is 2. The van der Waals surface area contributed by atoms with Crippen molar-refractivity contribution >= 4 is 39.7 Å². The van der Waals surface area contributed by atoms with E-state index in [-0.39, 0.29) is 18.2 Å². The number of aromatic nitrogens is 2. The summed E-state index contributed by atoms with van der Waals surface area (Å²) in [6.45, 7) is 9.48. The third kappa shape index (κ3) is 8.09. The first-order valence-corrected chi connectivity index (χ1v) is 14.8. The van der Waals surface area contributed by atoms with Crippen LogP contribution in [0.15, 0.2) is 54.9 Å². The van der Waals surface area contributed by atoms with Crippen molar-refractivity contribution in [2.24, 2.45) is 5.92 Å². The van der Waals surface area contributed by atoms with E-state index in [1.807, 2.05) is 68.7 Å². The lowest BCUT2D eigenvalue weighted by molar-refractivity contribution is -0.130. The van der Waals surface area contributed by atoms with Crippen LogP contribution >= 0.6 is 0 Å². The van der Waals surface area contributed by atoms with Gasteiger partial charge in [-0.05, 0) is 68.5 Å². The van der Waals surface area contributed by atoms with Gasteiger partial charge in [0.25, 0.3) is 0 Å². The Morgan fingerprint density at radius 1 is 0.907 bits per heavy atom. The lowest BCUT2D eigenvalue weighted by Crippen LogP contribution is -2.56. The first-order valence-electron chi connectivity index (χ1n) is 14.8. The normalized spacial score (nSPS) is 13.7. The monoisotopic (exact) mass is 589 g/mol. The van der Waals surface area contributed by atoms with Crippen LogP contribution in [0, 0.1) is 5.92 Å². The van der Waals surface area contributed by atoms with E-state index in [1.54, 1.807) is 27.9 Å². The topological polar surface area (TPSA) is 137 Å². The molecule has 230 valence electrons. The van der Waals surface area contributed by atoms with Crippen LogP contribution in [0.25, 0.3) is 21.8 Å². The van der Waals surface area contributed by atoms with Gasteiger partial charge in [0, 0.05) is 47.2 Å². The summed E-state index contributed by atoms with van der Waals surface area (Å²) >= 11 is 0. The van der Waals surface area contributed by atoms with Crippen molar-refractivity contribution in [2.45, 2.75) is 71.6 Å². The molecule has 0 bridgehead atoms. The van der Waals surface area contributed by atoms with E-state index in [2.05, 4.69) is 25.9 Å². The number of hydrogen-bond acceptors (Lipinski definition) is 5. The van der Waals surface area contributed by atoms with Crippen LogP contribution < -0.4 is 20.7 Å². The van der Waals surface area contributed by atoms with Crippen LogP contribution in [-0.2, 0) is 27.2 Å². The molecule has 10 heteroatoms. The minimum atomic E-state index is -0.876. The van der Waals surface area contributed by atoms with Crippen LogP contribution in [0.3, 0.4) is 0 Å². The Kier molecular flexibility index (Phi) is 10.0. The van der Waals surface area contributed by atoms with Crippen LogP contribution in [-0.4, -0.2) is 59.2 Å². The van der Waals surface area contributed by atoms with E-state index in [4.69, 9.17) is 9.47 Å². The zero-order chi connectivity index (χ0) is 31.1. The predicted molar refractivity (Wildman–Crippen MR) is 168 cm³/mol. The zero-order valence-corrected chi connectivity index (χ0v) is 25.8. The molecule has 5 N–H and O–H groups in total. The lowest BCUT2D eigenvalue weighted by Gasteiger charge is -2.28. The number of carbonyl (C=O) groups excluding carboxylic acids is 3. The first kappa shape index (κ1) is 31.5. The number of aromatic amines is 2. The average Bonchev–Trinajstić information content (AvgIpc) is 3.57. The summed E-state index contributed by atoms with van der Waals surface area (Å²) in [5.74, 6) is -0.182. The largest absolute Gasteiger partial charge is 0.497 e. The molecule has 0 saturated carbocycles. The van der Waals surface area contributed by atoms with Crippen molar-refractivity contribution < 1.29 is 23.9 Å². The Labute approximate surface area is 252 Å². The third-order valence-electron chi connectivity index (χ3n) is 7.57. The highest BCUT2D eigenvalue weighted by atomic mass is 16.6. The molecule has 2 heterocycles. The van der Waals surface area contributed by atoms with Gasteiger partial charge in [0.05, 0.1) is 7.11 Å². The summed E-state index contributed by atoms with van der Waals surface area (Å²) < 4.78 is 10.8. The lowest BCUT2D eigenvalue weighted by atomic mass is 9.97. The number of para-hydroxylation sites is 1. The number of benzene rings is 2. The molecule has 0 aliphatic rings. The van der Waals surface area contributed by atoms with Crippen molar-refractivity contribution in [3.05, 3.63) is 66.0 Å². The summed E-state index contributed by atoms with van der Waals surface area (Å²) in [6, 6.07) is 11.9. The Hall–Kier alpha value is -4.47. The first-order chi connectivity index (χ1) is 20.5. The van der Waals surface area contributed by atoms with E-state index in [1.165, 1.54) is 0 Å². The number of fused-ring (bicyclic) bond motifs is 2. The van der Waals surface area contributed by atoms with Crippen molar-refractivity contribution in [2.75, 3.05) is 13.7 Å². The standard InChI is InChI=1S/C33H43N5O5/c1-7-20(2)29(38-32(41)43-33(3,4)5)31(40)37-28(16-22-19-36-26-11-9-8-10-24(22)26)30(39)34-15-14-21-18-35-27-13-12-23(42-6)17-25(21)27/h8-13,17-20,28-29,35-36H,7,14-16H2,1-6H3,(H,34,39)(H,37,40)(H,38,41)/t20-,28-,29-/m0/s1. The molecule has 0 unspecified atom stereocenters. The fourth-order valence-corrected chi connectivity index (χ4v) is 5.06. The Morgan fingerprint density at radius 3 is 2.30 bits per heavy atom. The molecule has 0 spiro atoms. The highest BCUT2D eigenvalue weighted by molar-refractivity contribution is 5.92. The van der Waals surface area contributed by atoms with E-state index in [0.29, 0.717) is 19.4 Å². The van der Waals surface area contributed by atoms with Crippen molar-refractivity contribution in [3.8, 4) is 5.75 Å². The van der Waals surface area contributed by atoms with Gasteiger partial charge in [0.1, 0.15) is 23.4 Å². The van der Waals surface area contributed by atoms with Crippen molar-refractivity contribution in [1.82, 2.24) is 25.9 Å². The molecule has 0 radical (unpaired) electrons. The number of amides is 3. The van der Waals surface area contributed by atoms with Gasteiger partial charge in [-0.3, -0.25) is 9.59 Å². The number of alkyl carbamates (subject to hydrolysis) is 1. The van der Waals surface area contributed by atoms with E-state index < -0.39 is 29.7 Å². The predicted octanol–water partition coefficient (Wildman–Crippen LogP) is 4.98. The van der Waals surface area contributed by atoms with Gasteiger partial charge >= 0.3 is 6.09 Å². The molecular weight excluding hydrogens is 546 g/mol. The third-order valence-corrected chi connectivity index (χ3v) is 7.57. The Bertz CT molecular complexity index is 1570. The van der Waals surface area contributed by atoms with Crippen molar-refractivity contribution in [1.29, 1.82) is 0 Å². The molecule has 43 heavy (non-hydrogen) atoms. The van der Waals surface area contributed by atoms with Gasteiger partial charge in [0.15, 0.2) is 0 Å². The molecule has 2 aromatic carbocycles. The molecule has 4 aromatic rings. The molecule has 10 nitrogen and oxygen atoms in total. The number of ether oxygens (including phenoxy) is 2. The van der Waals surface area contributed by atoms with Gasteiger partial charge in [-0.25, -0.2) is 4.79 Å². The van der Waals surface area contributed by atoms with Crippen molar-refractivity contribution in [3.63, 3.8) is 0 Å². The maximum Gasteiger partial charge on any atom is 0.408 e. The molecule has 0 aliphatic heterocycles. The second-order valence-electron chi connectivity index (χ2n) is 11.9. The molecule has 3 amide bonds. The number of hydrogen-bond donors (Lipinski definition) is 5. The van der Waals surface area contributed by atoms with E-state index in [0.717, 1.165) is 38.7 Å². The van der Waals surface area contributed by atoms with E-state index in [9.17, 15) is 14.4 Å². The number of carbonyl (C=O) groups is 3. The Morgan fingerprint density at radius 2 is 1.60 bits per heavy atom. The fourth-order valence-electron chi connectivity index (χ4n) is 5.06. The molecule has 3 atom stereocenters. The van der Waals surface area contributed by atoms with Crippen LogP contribution in [0.5, 0.6) is 5.75 Å². The van der Waals surface area contributed by atoms with Crippen LogP contribution in [0.4, 0.5) is 4.79 Å². The zero-order valence-electron chi connectivity index (χ0n) is 25.8. The quantitative estimate of drug-likeness (QED) is 0.159. The smallest absolute Gasteiger partial charge is 0.408 e. The maximum absolute atomic E-state index is 13.6. The summed E-state index contributed by atoms with van der Waals surface area (Å²) in [6.07, 6.45) is 4.61. The summed E-state index contributed by atoms with van der Waals surface area (Å²) in [5, 5.41) is 10.7. The SMILES string of the molecule is CC[C@H](C)[C@H](NC(=O)OC(C)(C)C)C(=O)N[C@@H](Cc1c[nH]c2ccccc12)C(=O)NCCc1c[nH]c2ccc(OC)cc12. The molecule has 0 fully saturated rings. The molecule has 4 rings (SSSR count). The minimum absolute atomic E-state index is 0.191. The van der Waals surface area contributed by atoms with Gasteiger partial charge in [-0.2, -0.15) is 0 Å². The molecule has 0 saturated heterocycles. The van der Waals surface area contributed by atoms with Crippen LogP contribution in [0.1, 0.15) is 52.2 Å². The summed E-state index contributed by atoms with van der Waals surface area (Å²) in [7, 11) is 1.63. The van der Waals surface area contributed by atoms with Gasteiger partial charge < -0.3 is 35.4 Å². The second kappa shape index (κ2) is 13.7. The summed E-state index contributed by atoms with van der Waals surface area (Å²) in [4.78, 5) is 46.4. The van der Waals surface area contributed by atoms with Gasteiger partial charge in [-0.1, -0.05) is 38.5 Å². The number of nitrogens with one attached hydrogen (secondary N) is 5. The highest BCUT2D eigenvalue weighted by Gasteiger charge is 2.31. The van der Waals surface area contributed by atoms with Crippen LogP contribution in [0.2, 0.25) is 0 Å². The highest BCUT2D eigenvalue weighted by Crippen LogP contribution is 2.24. The molecular formula is C33H43N5O5. The number of rotatable bonds is 12. The van der Waals surface area contributed by atoms with E-state index >= 15 is 0 Å². The maximum atomic E-state index is 13.6. The summed E-state index contributed by atoms with van der Waals surface area (Å²) in [5.41, 5.74) is 3.17.